The maximum Gasteiger partial charge on any atom is 0.325 e. The van der Waals surface area contributed by atoms with Crippen LogP contribution < -0.4 is 21.7 Å². The number of hydrogen-bond acceptors (Lipinski definition) is 6. The smallest absolute Gasteiger partial charge is 0.325 e. The van der Waals surface area contributed by atoms with E-state index in [1.807, 2.05) is 27.7 Å². The molecule has 0 aliphatic rings. The maximum absolute atomic E-state index is 12.7. The average molecular weight is 419 g/mol. The van der Waals surface area contributed by atoms with Gasteiger partial charge in [-0.15, -0.1) is 0 Å². The fourth-order valence-corrected chi connectivity index (χ4v) is 2.58. The van der Waals surface area contributed by atoms with Crippen LogP contribution in [-0.4, -0.2) is 58.7 Å². The molecule has 0 heterocycles. The third kappa shape index (κ3) is 8.92. The van der Waals surface area contributed by atoms with Crippen LogP contribution in [0.25, 0.3) is 0 Å². The third-order valence-electron chi connectivity index (χ3n) is 4.44. The normalized spacial score (nSPS) is 16.4. The summed E-state index contributed by atoms with van der Waals surface area (Å²) in [5.74, 6) is -2.80. The maximum atomic E-state index is 12.7. The Labute approximate surface area is 172 Å². The van der Waals surface area contributed by atoms with Crippen LogP contribution in [0.5, 0.6) is 0 Å². The highest BCUT2D eigenvalue weighted by Gasteiger charge is 2.30. The summed E-state index contributed by atoms with van der Waals surface area (Å²) < 4.78 is 0. The first kappa shape index (κ1) is 26.2. The van der Waals surface area contributed by atoms with E-state index < -0.39 is 47.9 Å². The Bertz CT molecular complexity index is 558. The molecule has 0 aliphatic carbocycles. The SMILES string of the molecule is CCC(C)C(N)C(=O)NC(CC(C)C)C(=O)NC(CS)C(=O)NC(C)C(=O)O. The molecule has 0 aliphatic heterocycles. The van der Waals surface area contributed by atoms with Crippen molar-refractivity contribution in [2.45, 2.75) is 71.6 Å². The Morgan fingerprint density at radius 1 is 0.929 bits per heavy atom. The summed E-state index contributed by atoms with van der Waals surface area (Å²) in [6.07, 6.45) is 1.08. The van der Waals surface area contributed by atoms with Crippen LogP contribution in [0.3, 0.4) is 0 Å². The van der Waals surface area contributed by atoms with Gasteiger partial charge in [-0.1, -0.05) is 34.1 Å². The number of carboxylic acid groups (broad SMARTS) is 1. The minimum Gasteiger partial charge on any atom is -0.480 e. The summed E-state index contributed by atoms with van der Waals surface area (Å²) in [5.41, 5.74) is 5.93. The number of carbonyl (C=O) groups excluding carboxylic acids is 3. The summed E-state index contributed by atoms with van der Waals surface area (Å²) in [5, 5.41) is 16.4. The monoisotopic (exact) mass is 418 g/mol. The van der Waals surface area contributed by atoms with Crippen molar-refractivity contribution in [3.63, 3.8) is 0 Å². The molecule has 9 nitrogen and oxygen atoms in total. The second-order valence-corrected chi connectivity index (χ2v) is 7.78. The van der Waals surface area contributed by atoms with Crippen molar-refractivity contribution in [1.82, 2.24) is 16.0 Å². The topological polar surface area (TPSA) is 151 Å². The number of aliphatic carboxylic acids is 1. The van der Waals surface area contributed by atoms with Gasteiger partial charge in [-0.25, -0.2) is 0 Å². The summed E-state index contributed by atoms with van der Waals surface area (Å²) in [6, 6.07) is -3.75. The quantitative estimate of drug-likeness (QED) is 0.244. The van der Waals surface area contributed by atoms with E-state index in [-0.39, 0.29) is 17.6 Å². The highest BCUT2D eigenvalue weighted by molar-refractivity contribution is 7.80. The van der Waals surface area contributed by atoms with Gasteiger partial charge in [0.15, 0.2) is 0 Å². The molecular formula is C18H34N4O5S. The van der Waals surface area contributed by atoms with Gasteiger partial charge in [-0.2, -0.15) is 12.6 Å². The van der Waals surface area contributed by atoms with E-state index in [1.165, 1.54) is 6.92 Å². The van der Waals surface area contributed by atoms with Crippen LogP contribution in [0.2, 0.25) is 0 Å². The first-order valence-electron chi connectivity index (χ1n) is 9.44. The summed E-state index contributed by atoms with van der Waals surface area (Å²) in [7, 11) is 0. The van der Waals surface area contributed by atoms with Crippen molar-refractivity contribution in [3.05, 3.63) is 0 Å². The molecule has 0 spiro atoms. The third-order valence-corrected chi connectivity index (χ3v) is 4.81. The van der Waals surface area contributed by atoms with Crippen molar-refractivity contribution in [2.24, 2.45) is 17.6 Å². The second-order valence-electron chi connectivity index (χ2n) is 7.41. The lowest BCUT2D eigenvalue weighted by molar-refractivity contribution is -0.141. The molecule has 0 aromatic carbocycles. The number of nitrogens with two attached hydrogens (primary N) is 1. The minimum atomic E-state index is -1.19. The molecule has 0 saturated carbocycles. The van der Waals surface area contributed by atoms with Crippen LogP contribution in [0, 0.1) is 11.8 Å². The number of thiol groups is 1. The van der Waals surface area contributed by atoms with Crippen LogP contribution in [0.1, 0.15) is 47.5 Å². The van der Waals surface area contributed by atoms with E-state index in [2.05, 4.69) is 28.6 Å². The molecule has 162 valence electrons. The molecule has 28 heavy (non-hydrogen) atoms. The summed E-state index contributed by atoms with van der Waals surface area (Å²) in [6.45, 7) is 8.89. The van der Waals surface area contributed by atoms with Gasteiger partial charge < -0.3 is 26.8 Å². The van der Waals surface area contributed by atoms with Gasteiger partial charge in [0.1, 0.15) is 18.1 Å². The molecular weight excluding hydrogens is 384 g/mol. The average Bonchev–Trinajstić information content (AvgIpc) is 2.62. The first-order chi connectivity index (χ1) is 12.9. The lowest BCUT2D eigenvalue weighted by Crippen LogP contribution is -2.58. The zero-order chi connectivity index (χ0) is 22.0. The molecule has 0 rings (SSSR count). The molecule has 5 unspecified atom stereocenters. The fraction of sp³-hybridized carbons (Fsp3) is 0.778. The Hall–Kier alpha value is -1.81. The molecule has 6 N–H and O–H groups in total. The van der Waals surface area contributed by atoms with E-state index >= 15 is 0 Å². The lowest BCUT2D eigenvalue weighted by atomic mass is 9.97. The van der Waals surface area contributed by atoms with E-state index in [1.54, 1.807) is 0 Å². The number of amides is 3. The van der Waals surface area contributed by atoms with Gasteiger partial charge in [0.05, 0.1) is 6.04 Å². The predicted octanol–water partition coefficient (Wildman–Crippen LogP) is -0.105. The first-order valence-corrected chi connectivity index (χ1v) is 10.1. The molecule has 0 fully saturated rings. The molecule has 5 atom stereocenters. The number of carboxylic acids is 1. The summed E-state index contributed by atoms with van der Waals surface area (Å²) in [4.78, 5) is 48.1. The van der Waals surface area contributed by atoms with E-state index in [4.69, 9.17) is 10.8 Å². The van der Waals surface area contributed by atoms with Crippen molar-refractivity contribution in [1.29, 1.82) is 0 Å². The number of hydrogen-bond donors (Lipinski definition) is 6. The lowest BCUT2D eigenvalue weighted by Gasteiger charge is -2.26. The second kappa shape index (κ2) is 12.6. The van der Waals surface area contributed by atoms with Gasteiger partial charge in [0.25, 0.3) is 0 Å². The molecule has 10 heteroatoms. The fourth-order valence-electron chi connectivity index (χ4n) is 2.33. The van der Waals surface area contributed by atoms with Crippen LogP contribution in [0.4, 0.5) is 0 Å². The largest absolute Gasteiger partial charge is 0.480 e. The number of nitrogens with one attached hydrogen (secondary N) is 3. The molecule has 0 radical (unpaired) electrons. The van der Waals surface area contributed by atoms with E-state index in [0.29, 0.717) is 6.42 Å². The van der Waals surface area contributed by atoms with Crippen molar-refractivity contribution >= 4 is 36.3 Å². The zero-order valence-corrected chi connectivity index (χ0v) is 18.1. The molecule has 0 aromatic rings. The van der Waals surface area contributed by atoms with Crippen LogP contribution in [-0.2, 0) is 19.2 Å². The zero-order valence-electron chi connectivity index (χ0n) is 17.2. The molecule has 0 aromatic heterocycles. The van der Waals surface area contributed by atoms with Gasteiger partial charge in [-0.3, -0.25) is 19.2 Å². The summed E-state index contributed by atoms with van der Waals surface area (Å²) >= 11 is 4.05. The number of carbonyl (C=O) groups is 4. The molecule has 0 saturated heterocycles. The highest BCUT2D eigenvalue weighted by Crippen LogP contribution is 2.09. The van der Waals surface area contributed by atoms with Gasteiger partial charge in [-0.05, 0) is 25.2 Å². The Kier molecular flexibility index (Phi) is 11.8. The van der Waals surface area contributed by atoms with Crippen molar-refractivity contribution in [3.8, 4) is 0 Å². The van der Waals surface area contributed by atoms with Crippen molar-refractivity contribution < 1.29 is 24.3 Å². The van der Waals surface area contributed by atoms with E-state index in [9.17, 15) is 19.2 Å². The van der Waals surface area contributed by atoms with Gasteiger partial charge >= 0.3 is 5.97 Å². The minimum absolute atomic E-state index is 0.0291. The predicted molar refractivity (Wildman–Crippen MR) is 110 cm³/mol. The number of rotatable bonds is 12. The standard InChI is InChI=1S/C18H34N4O5S/c1-6-10(4)14(19)17(25)21-12(7-9(2)3)15(23)22-13(8-28)16(24)20-11(5)18(26)27/h9-14,28H,6-8,19H2,1-5H3,(H,20,24)(H,21,25)(H,22,23)(H,26,27). The van der Waals surface area contributed by atoms with E-state index in [0.717, 1.165) is 6.42 Å². The van der Waals surface area contributed by atoms with Crippen LogP contribution in [0.15, 0.2) is 0 Å². The van der Waals surface area contributed by atoms with Gasteiger partial charge in [0.2, 0.25) is 17.7 Å². The Morgan fingerprint density at radius 2 is 1.43 bits per heavy atom. The Morgan fingerprint density at radius 3 is 1.86 bits per heavy atom. The highest BCUT2D eigenvalue weighted by atomic mass is 32.1. The molecule has 3 amide bonds. The molecule has 0 bridgehead atoms. The Balaban J connectivity index is 5.15. The van der Waals surface area contributed by atoms with Crippen LogP contribution >= 0.6 is 12.6 Å². The van der Waals surface area contributed by atoms with Crippen molar-refractivity contribution in [2.75, 3.05) is 5.75 Å². The van der Waals surface area contributed by atoms with Gasteiger partial charge in [0, 0.05) is 5.75 Å².